The largest absolute Gasteiger partial charge is 0.405 e. The summed E-state index contributed by atoms with van der Waals surface area (Å²) in [6.45, 7) is 0.446. The Bertz CT molecular complexity index is 810. The fourth-order valence-corrected chi connectivity index (χ4v) is 3.50. The molecule has 2 aromatic rings. The first-order chi connectivity index (χ1) is 12.9. The van der Waals surface area contributed by atoms with Crippen molar-refractivity contribution >= 4 is 5.91 Å². The van der Waals surface area contributed by atoms with Crippen molar-refractivity contribution in [3.8, 4) is 11.4 Å². The van der Waals surface area contributed by atoms with E-state index in [1.54, 1.807) is 0 Å². The standard InChI is InChI=1S/C17H18F3N5O2/c18-17(19,20)13-9-11(22-23-13)16(26)25-8-4-7-12(25)15-21-14(24-27-15)10-5-2-1-3-6-10/h1-3,5-6,11-13,22-23H,4,7-9H2. The average Bonchev–Trinajstić information content (AvgIpc) is 3.40. The van der Waals surface area contributed by atoms with E-state index >= 15 is 0 Å². The third-order valence-corrected chi connectivity index (χ3v) is 4.89. The van der Waals surface area contributed by atoms with Crippen LogP contribution in [0, 0.1) is 0 Å². The Balaban J connectivity index is 1.48. The third-order valence-electron chi connectivity index (χ3n) is 4.89. The van der Waals surface area contributed by atoms with E-state index in [0.717, 1.165) is 12.0 Å². The molecule has 0 spiro atoms. The highest BCUT2D eigenvalue weighted by Gasteiger charge is 2.48. The summed E-state index contributed by atoms with van der Waals surface area (Å²) < 4.78 is 43.8. The average molecular weight is 381 g/mol. The number of carbonyl (C=O) groups is 1. The second-order valence-corrected chi connectivity index (χ2v) is 6.68. The zero-order valence-electron chi connectivity index (χ0n) is 14.2. The first kappa shape index (κ1) is 17.9. The number of amides is 1. The second kappa shape index (κ2) is 6.93. The van der Waals surface area contributed by atoms with Gasteiger partial charge in [0.1, 0.15) is 18.1 Å². The van der Waals surface area contributed by atoms with Crippen LogP contribution in [0.1, 0.15) is 31.2 Å². The maximum Gasteiger partial charge on any atom is 0.405 e. The Morgan fingerprint density at radius 2 is 2.00 bits per heavy atom. The van der Waals surface area contributed by atoms with Crippen LogP contribution in [0.3, 0.4) is 0 Å². The molecule has 0 saturated carbocycles. The topological polar surface area (TPSA) is 83.3 Å². The summed E-state index contributed by atoms with van der Waals surface area (Å²) >= 11 is 0. The first-order valence-corrected chi connectivity index (χ1v) is 8.71. The molecular weight excluding hydrogens is 363 g/mol. The Kier molecular flexibility index (Phi) is 4.60. The lowest BCUT2D eigenvalue weighted by atomic mass is 10.1. The van der Waals surface area contributed by atoms with Crippen LogP contribution < -0.4 is 10.9 Å². The maximum atomic E-state index is 12.8. The predicted molar refractivity (Wildman–Crippen MR) is 87.9 cm³/mol. The molecule has 10 heteroatoms. The van der Waals surface area contributed by atoms with E-state index in [9.17, 15) is 18.0 Å². The van der Waals surface area contributed by atoms with Crippen molar-refractivity contribution in [2.24, 2.45) is 0 Å². The molecule has 2 aliphatic heterocycles. The molecule has 1 amide bonds. The monoisotopic (exact) mass is 381 g/mol. The smallest absolute Gasteiger partial charge is 0.337 e. The van der Waals surface area contributed by atoms with Crippen LogP contribution in [-0.2, 0) is 4.79 Å². The number of nitrogens with zero attached hydrogens (tertiary/aromatic N) is 3. The van der Waals surface area contributed by atoms with Crippen LogP contribution in [0.4, 0.5) is 13.2 Å². The quantitative estimate of drug-likeness (QED) is 0.848. The highest BCUT2D eigenvalue weighted by Crippen LogP contribution is 2.34. The van der Waals surface area contributed by atoms with E-state index in [1.165, 1.54) is 4.90 Å². The van der Waals surface area contributed by atoms with Crippen molar-refractivity contribution in [3.63, 3.8) is 0 Å². The Morgan fingerprint density at radius 1 is 1.22 bits per heavy atom. The van der Waals surface area contributed by atoms with Crippen LogP contribution >= 0.6 is 0 Å². The SMILES string of the molecule is O=C(C1CC(C(F)(F)F)NN1)N1CCCC1c1nc(-c2ccccc2)no1. The summed E-state index contributed by atoms with van der Waals surface area (Å²) in [6.07, 6.45) is -3.39. The summed E-state index contributed by atoms with van der Waals surface area (Å²) in [5.41, 5.74) is 5.41. The van der Waals surface area contributed by atoms with Crippen LogP contribution in [0.15, 0.2) is 34.9 Å². The maximum absolute atomic E-state index is 12.8. The van der Waals surface area contributed by atoms with Gasteiger partial charge in [0.15, 0.2) is 0 Å². The summed E-state index contributed by atoms with van der Waals surface area (Å²) in [5.74, 6) is 0.330. The lowest BCUT2D eigenvalue weighted by molar-refractivity contribution is -0.153. The van der Waals surface area contributed by atoms with Crippen molar-refractivity contribution in [2.75, 3.05) is 6.54 Å². The van der Waals surface area contributed by atoms with Crippen molar-refractivity contribution < 1.29 is 22.5 Å². The molecule has 0 aliphatic carbocycles. The summed E-state index contributed by atoms with van der Waals surface area (Å²) in [5, 5.41) is 3.97. The molecule has 4 rings (SSSR count). The molecule has 0 bridgehead atoms. The zero-order valence-corrected chi connectivity index (χ0v) is 14.2. The number of hydrazine groups is 1. The van der Waals surface area contributed by atoms with Gasteiger partial charge in [0, 0.05) is 12.1 Å². The van der Waals surface area contributed by atoms with E-state index in [4.69, 9.17) is 4.52 Å². The number of halogens is 3. The number of benzene rings is 1. The molecule has 27 heavy (non-hydrogen) atoms. The van der Waals surface area contributed by atoms with E-state index in [2.05, 4.69) is 21.0 Å². The summed E-state index contributed by atoms with van der Waals surface area (Å²) in [6, 6.07) is 6.18. The molecule has 3 heterocycles. The number of aromatic nitrogens is 2. The van der Waals surface area contributed by atoms with E-state index in [0.29, 0.717) is 24.7 Å². The number of hydrogen-bond donors (Lipinski definition) is 2. The molecule has 2 N–H and O–H groups in total. The van der Waals surface area contributed by atoms with Crippen molar-refractivity contribution in [1.29, 1.82) is 0 Å². The van der Waals surface area contributed by atoms with Crippen molar-refractivity contribution in [3.05, 3.63) is 36.2 Å². The Morgan fingerprint density at radius 3 is 2.70 bits per heavy atom. The molecule has 3 atom stereocenters. The minimum absolute atomic E-state index is 0.304. The van der Waals surface area contributed by atoms with Crippen LogP contribution in [-0.4, -0.2) is 45.8 Å². The number of alkyl halides is 3. The van der Waals surface area contributed by atoms with Crippen molar-refractivity contribution in [1.82, 2.24) is 25.9 Å². The fraction of sp³-hybridized carbons (Fsp3) is 0.471. The highest BCUT2D eigenvalue weighted by atomic mass is 19.4. The van der Waals surface area contributed by atoms with Gasteiger partial charge in [-0.2, -0.15) is 18.2 Å². The van der Waals surface area contributed by atoms with Gasteiger partial charge in [-0.25, -0.2) is 10.9 Å². The van der Waals surface area contributed by atoms with E-state index < -0.39 is 30.2 Å². The zero-order chi connectivity index (χ0) is 19.0. The van der Waals surface area contributed by atoms with Crippen LogP contribution in [0.25, 0.3) is 11.4 Å². The van der Waals surface area contributed by atoms with Gasteiger partial charge in [-0.1, -0.05) is 35.5 Å². The molecule has 3 unspecified atom stereocenters. The van der Waals surface area contributed by atoms with Crippen LogP contribution in [0.2, 0.25) is 0 Å². The van der Waals surface area contributed by atoms with Gasteiger partial charge < -0.3 is 9.42 Å². The van der Waals surface area contributed by atoms with Crippen LogP contribution in [0.5, 0.6) is 0 Å². The predicted octanol–water partition coefficient (Wildman–Crippen LogP) is 2.20. The van der Waals surface area contributed by atoms with Gasteiger partial charge in [-0.05, 0) is 19.3 Å². The van der Waals surface area contributed by atoms with E-state index in [-0.39, 0.29) is 6.42 Å². The Hall–Kier alpha value is -2.46. The summed E-state index contributed by atoms with van der Waals surface area (Å²) in [7, 11) is 0. The number of hydrogen-bond acceptors (Lipinski definition) is 6. The first-order valence-electron chi connectivity index (χ1n) is 8.71. The molecule has 1 aromatic heterocycles. The Labute approximate surface area is 152 Å². The third kappa shape index (κ3) is 3.54. The summed E-state index contributed by atoms with van der Waals surface area (Å²) in [4.78, 5) is 18.7. The minimum atomic E-state index is -4.40. The molecular formula is C17H18F3N5O2. The fourth-order valence-electron chi connectivity index (χ4n) is 3.50. The number of carbonyl (C=O) groups excluding carboxylic acids is 1. The second-order valence-electron chi connectivity index (χ2n) is 6.68. The molecule has 7 nitrogen and oxygen atoms in total. The minimum Gasteiger partial charge on any atom is -0.337 e. The van der Waals surface area contributed by atoms with Gasteiger partial charge in [0.05, 0.1) is 0 Å². The van der Waals surface area contributed by atoms with Gasteiger partial charge in [0.25, 0.3) is 0 Å². The molecule has 2 saturated heterocycles. The van der Waals surface area contributed by atoms with Gasteiger partial charge >= 0.3 is 6.18 Å². The van der Waals surface area contributed by atoms with Gasteiger partial charge in [0.2, 0.25) is 17.6 Å². The lowest BCUT2D eigenvalue weighted by Crippen LogP contribution is -2.46. The normalized spacial score (nSPS) is 25.9. The number of nitrogens with one attached hydrogen (secondary N) is 2. The highest BCUT2D eigenvalue weighted by molar-refractivity contribution is 5.82. The molecule has 1 aromatic carbocycles. The molecule has 144 valence electrons. The van der Waals surface area contributed by atoms with Crippen molar-refractivity contribution in [2.45, 2.75) is 43.6 Å². The molecule has 2 aliphatic rings. The lowest BCUT2D eigenvalue weighted by Gasteiger charge is -2.24. The molecule has 0 radical (unpaired) electrons. The van der Waals surface area contributed by atoms with E-state index in [1.807, 2.05) is 30.3 Å². The van der Waals surface area contributed by atoms with Gasteiger partial charge in [-0.3, -0.25) is 4.79 Å². The molecule has 2 fully saturated rings. The number of likely N-dealkylation sites (tertiary alicyclic amines) is 1. The van der Waals surface area contributed by atoms with Gasteiger partial charge in [-0.15, -0.1) is 0 Å². The number of rotatable bonds is 3.